The lowest BCUT2D eigenvalue weighted by Gasteiger charge is -2.12. The maximum Gasteiger partial charge on any atom is 0.261 e. The van der Waals surface area contributed by atoms with Gasteiger partial charge in [-0.3, -0.25) is 14.2 Å². The van der Waals surface area contributed by atoms with E-state index in [0.717, 1.165) is 21.3 Å². The summed E-state index contributed by atoms with van der Waals surface area (Å²) in [4.78, 5) is 29.4. The van der Waals surface area contributed by atoms with Gasteiger partial charge in [0.15, 0.2) is 0 Å². The van der Waals surface area contributed by atoms with Crippen molar-refractivity contribution in [2.75, 3.05) is 0 Å². The Morgan fingerprint density at radius 1 is 1.00 bits per heavy atom. The van der Waals surface area contributed by atoms with Crippen molar-refractivity contribution in [2.24, 2.45) is 0 Å². The van der Waals surface area contributed by atoms with Crippen molar-refractivity contribution in [1.29, 1.82) is 0 Å². The average molecular weight is 492 g/mol. The van der Waals surface area contributed by atoms with Crippen LogP contribution >= 0.6 is 15.9 Å². The third-order valence-electron chi connectivity index (χ3n) is 5.10. The van der Waals surface area contributed by atoms with Crippen LogP contribution in [-0.2, 0) is 24.5 Å². The summed E-state index contributed by atoms with van der Waals surface area (Å²) in [5, 5.41) is 3.46. The number of para-hydroxylation sites is 1. The van der Waals surface area contributed by atoms with Crippen LogP contribution in [-0.4, -0.2) is 15.5 Å². The first-order valence-corrected chi connectivity index (χ1v) is 11.1. The SMILES string of the molecule is O=C(CCn1cnc2ccc(Br)cc2c1=O)NCc1ccccc1COc1ccccc1. The van der Waals surface area contributed by atoms with E-state index in [-0.39, 0.29) is 24.4 Å². The molecule has 0 spiro atoms. The fraction of sp³-hybridized carbons (Fsp3) is 0.160. The van der Waals surface area contributed by atoms with E-state index in [1.165, 1.54) is 10.9 Å². The van der Waals surface area contributed by atoms with Gasteiger partial charge in [-0.15, -0.1) is 0 Å². The van der Waals surface area contributed by atoms with E-state index in [1.54, 1.807) is 12.1 Å². The number of carbonyl (C=O) groups is 1. The summed E-state index contributed by atoms with van der Waals surface area (Å²) in [6, 6.07) is 22.8. The topological polar surface area (TPSA) is 73.2 Å². The van der Waals surface area contributed by atoms with Gasteiger partial charge in [0.2, 0.25) is 5.91 Å². The Balaban J connectivity index is 1.34. The van der Waals surface area contributed by atoms with Crippen LogP contribution in [0.2, 0.25) is 0 Å². The molecule has 7 heteroatoms. The van der Waals surface area contributed by atoms with Gasteiger partial charge in [-0.25, -0.2) is 4.98 Å². The zero-order chi connectivity index (χ0) is 22.3. The minimum atomic E-state index is -0.160. The van der Waals surface area contributed by atoms with E-state index in [2.05, 4.69) is 26.2 Å². The molecule has 1 aromatic heterocycles. The maximum absolute atomic E-state index is 12.7. The number of aromatic nitrogens is 2. The van der Waals surface area contributed by atoms with Crippen molar-refractivity contribution in [3.05, 3.63) is 105 Å². The van der Waals surface area contributed by atoms with Crippen molar-refractivity contribution in [3.8, 4) is 5.75 Å². The van der Waals surface area contributed by atoms with Crippen LogP contribution in [0.3, 0.4) is 0 Å². The van der Waals surface area contributed by atoms with Crippen LogP contribution in [0.15, 0.2) is 88.4 Å². The molecule has 0 radical (unpaired) electrons. The lowest BCUT2D eigenvalue weighted by molar-refractivity contribution is -0.121. The first-order valence-electron chi connectivity index (χ1n) is 10.3. The Kier molecular flexibility index (Phi) is 6.97. The van der Waals surface area contributed by atoms with Crippen LogP contribution in [0.1, 0.15) is 17.5 Å². The molecule has 0 saturated heterocycles. The highest BCUT2D eigenvalue weighted by Gasteiger charge is 2.09. The van der Waals surface area contributed by atoms with Gasteiger partial charge in [-0.05, 0) is 41.5 Å². The summed E-state index contributed by atoms with van der Waals surface area (Å²) in [7, 11) is 0. The summed E-state index contributed by atoms with van der Waals surface area (Å²) in [5.41, 5.74) is 2.48. The second-order valence-corrected chi connectivity index (χ2v) is 8.22. The number of rotatable bonds is 8. The Hall–Kier alpha value is -3.45. The molecule has 0 aliphatic heterocycles. The Morgan fingerprint density at radius 3 is 2.56 bits per heavy atom. The highest BCUT2D eigenvalue weighted by molar-refractivity contribution is 9.10. The summed E-state index contributed by atoms with van der Waals surface area (Å²) in [6.07, 6.45) is 1.67. The van der Waals surface area contributed by atoms with Crippen molar-refractivity contribution >= 4 is 32.7 Å². The van der Waals surface area contributed by atoms with E-state index in [4.69, 9.17) is 4.74 Å². The van der Waals surface area contributed by atoms with E-state index in [0.29, 0.717) is 24.1 Å². The molecule has 32 heavy (non-hydrogen) atoms. The quantitative estimate of drug-likeness (QED) is 0.395. The lowest BCUT2D eigenvalue weighted by atomic mass is 10.1. The summed E-state index contributed by atoms with van der Waals surface area (Å²) >= 11 is 3.38. The number of hydrogen-bond acceptors (Lipinski definition) is 4. The van der Waals surface area contributed by atoms with Crippen molar-refractivity contribution in [3.63, 3.8) is 0 Å². The number of nitrogens with one attached hydrogen (secondary N) is 1. The fourth-order valence-corrected chi connectivity index (χ4v) is 3.70. The monoisotopic (exact) mass is 491 g/mol. The smallest absolute Gasteiger partial charge is 0.261 e. The third-order valence-corrected chi connectivity index (χ3v) is 5.59. The first-order chi connectivity index (χ1) is 15.6. The lowest BCUT2D eigenvalue weighted by Crippen LogP contribution is -2.27. The Labute approximate surface area is 194 Å². The Morgan fingerprint density at radius 2 is 1.75 bits per heavy atom. The number of benzene rings is 3. The average Bonchev–Trinajstić information content (AvgIpc) is 2.82. The van der Waals surface area contributed by atoms with Crippen molar-refractivity contribution in [1.82, 2.24) is 14.9 Å². The first kappa shape index (κ1) is 21.8. The van der Waals surface area contributed by atoms with Gasteiger partial charge in [0.1, 0.15) is 12.4 Å². The van der Waals surface area contributed by atoms with Crippen LogP contribution in [0.4, 0.5) is 0 Å². The predicted molar refractivity (Wildman–Crippen MR) is 127 cm³/mol. The largest absolute Gasteiger partial charge is 0.489 e. The van der Waals surface area contributed by atoms with Crippen molar-refractivity contribution < 1.29 is 9.53 Å². The molecule has 3 aromatic carbocycles. The number of amides is 1. The molecule has 1 N–H and O–H groups in total. The molecule has 0 atom stereocenters. The normalized spacial score (nSPS) is 10.8. The highest BCUT2D eigenvalue weighted by Crippen LogP contribution is 2.16. The molecule has 0 unspecified atom stereocenters. The maximum atomic E-state index is 12.7. The van der Waals surface area contributed by atoms with Gasteiger partial charge in [-0.2, -0.15) is 0 Å². The molecule has 0 bridgehead atoms. The summed E-state index contributed by atoms with van der Waals surface area (Å²) in [6.45, 7) is 1.08. The second-order valence-electron chi connectivity index (χ2n) is 7.30. The molecular formula is C25H22BrN3O3. The van der Waals surface area contributed by atoms with Crippen LogP contribution in [0.25, 0.3) is 10.9 Å². The third kappa shape index (κ3) is 5.42. The number of ether oxygens (including phenoxy) is 1. The second kappa shape index (κ2) is 10.2. The Bertz CT molecular complexity index is 1290. The number of fused-ring (bicyclic) bond motifs is 1. The molecule has 0 aliphatic rings. The molecule has 0 saturated carbocycles. The number of halogens is 1. The molecule has 6 nitrogen and oxygen atoms in total. The van der Waals surface area contributed by atoms with Gasteiger partial charge in [-0.1, -0.05) is 58.4 Å². The van der Waals surface area contributed by atoms with E-state index < -0.39 is 0 Å². The molecule has 0 aliphatic carbocycles. The predicted octanol–water partition coefficient (Wildman–Crippen LogP) is 4.44. The van der Waals surface area contributed by atoms with Crippen molar-refractivity contribution in [2.45, 2.75) is 26.1 Å². The number of carbonyl (C=O) groups excluding carboxylic acids is 1. The molecular weight excluding hydrogens is 470 g/mol. The molecule has 162 valence electrons. The zero-order valence-corrected chi connectivity index (χ0v) is 18.9. The standard InChI is InChI=1S/C25H22BrN3O3/c26-20-10-11-23-22(14-20)25(31)29(17-28-23)13-12-24(30)27-15-18-6-4-5-7-19(18)16-32-21-8-2-1-3-9-21/h1-11,14,17H,12-13,15-16H2,(H,27,30). The minimum absolute atomic E-state index is 0.134. The van der Waals surface area contributed by atoms with Gasteiger partial charge in [0.25, 0.3) is 5.56 Å². The van der Waals surface area contributed by atoms with Gasteiger partial charge in [0, 0.05) is 24.0 Å². The number of hydrogen-bond donors (Lipinski definition) is 1. The van der Waals surface area contributed by atoms with E-state index in [9.17, 15) is 9.59 Å². The number of nitrogens with zero attached hydrogens (tertiary/aromatic N) is 2. The van der Waals surface area contributed by atoms with Crippen LogP contribution in [0.5, 0.6) is 5.75 Å². The molecule has 1 heterocycles. The number of aryl methyl sites for hydroxylation is 1. The molecule has 1 amide bonds. The van der Waals surface area contributed by atoms with Gasteiger partial charge >= 0.3 is 0 Å². The van der Waals surface area contributed by atoms with Gasteiger partial charge < -0.3 is 10.1 Å². The summed E-state index contributed by atoms with van der Waals surface area (Å²) < 4.78 is 8.12. The van der Waals surface area contributed by atoms with Crippen LogP contribution < -0.4 is 15.6 Å². The van der Waals surface area contributed by atoms with E-state index >= 15 is 0 Å². The van der Waals surface area contributed by atoms with E-state index in [1.807, 2.05) is 60.7 Å². The molecule has 4 aromatic rings. The highest BCUT2D eigenvalue weighted by atomic mass is 79.9. The minimum Gasteiger partial charge on any atom is -0.489 e. The summed E-state index contributed by atoms with van der Waals surface area (Å²) in [5.74, 6) is 0.665. The fourth-order valence-electron chi connectivity index (χ4n) is 3.34. The molecule has 4 rings (SSSR count). The van der Waals surface area contributed by atoms with Crippen LogP contribution in [0, 0.1) is 0 Å². The zero-order valence-electron chi connectivity index (χ0n) is 17.3. The molecule has 0 fully saturated rings. The van der Waals surface area contributed by atoms with Gasteiger partial charge in [0.05, 0.1) is 17.2 Å².